The minimum absolute atomic E-state index is 0.126. The van der Waals surface area contributed by atoms with Crippen LogP contribution in [-0.2, 0) is 14.7 Å². The maximum Gasteiger partial charge on any atom is 0.431 e. The van der Waals surface area contributed by atoms with Crippen LogP contribution in [0.1, 0.15) is 13.8 Å². The van der Waals surface area contributed by atoms with Crippen molar-refractivity contribution in [3.63, 3.8) is 0 Å². The lowest BCUT2D eigenvalue weighted by atomic mass is 10.5. The van der Waals surface area contributed by atoms with Crippen LogP contribution in [-0.4, -0.2) is 27.8 Å². The number of nitrogens with one attached hydrogen (secondary N) is 2. The Morgan fingerprint density at radius 2 is 1.79 bits per heavy atom. The van der Waals surface area contributed by atoms with Gasteiger partial charge in [-0.1, -0.05) is 0 Å². The van der Waals surface area contributed by atoms with Crippen molar-refractivity contribution >= 4 is 15.9 Å². The van der Waals surface area contributed by atoms with Gasteiger partial charge in [0, 0.05) is 13.3 Å². The minimum Gasteiger partial charge on any atom is -0.325 e. The van der Waals surface area contributed by atoms with Crippen molar-refractivity contribution in [3.8, 4) is 0 Å². The zero-order valence-electron chi connectivity index (χ0n) is 8.54. The predicted molar refractivity (Wildman–Crippen MR) is 51.9 cm³/mol. The van der Waals surface area contributed by atoms with Gasteiger partial charge in [0.2, 0.25) is 0 Å². The number of rotatable bonds is 3. The molecule has 7 heteroatoms. The molecule has 14 heavy (non-hydrogen) atoms. The first kappa shape index (κ1) is 12.8. The van der Waals surface area contributed by atoms with Crippen LogP contribution in [0.4, 0.5) is 4.79 Å². The van der Waals surface area contributed by atoms with Gasteiger partial charge in [0.05, 0.1) is 10.6 Å². The Kier molecular flexibility index (Phi) is 4.42. The Balaban J connectivity index is 4.48. The van der Waals surface area contributed by atoms with Crippen LogP contribution in [0, 0.1) is 0 Å². The molecule has 6 nitrogen and oxygen atoms in total. The van der Waals surface area contributed by atoms with Crippen molar-refractivity contribution in [3.05, 3.63) is 10.6 Å². The minimum atomic E-state index is -3.25. The Morgan fingerprint density at radius 1 is 1.29 bits per heavy atom. The van der Waals surface area contributed by atoms with Gasteiger partial charge in [0.25, 0.3) is 0 Å². The number of carbonyl (C=O) groups excluding carboxylic acids is 1. The standard InChI is InChI=1S/C7H14N2O4S/c1-5(6(2)14(4,11)12)9-13-7(10)8-3/h9H,1-4H3,(H,8,10). The van der Waals surface area contributed by atoms with Crippen molar-refractivity contribution in [1.82, 2.24) is 10.8 Å². The summed E-state index contributed by atoms with van der Waals surface area (Å²) in [5, 5.41) is 2.20. The van der Waals surface area contributed by atoms with E-state index in [1.165, 1.54) is 20.9 Å². The summed E-state index contributed by atoms with van der Waals surface area (Å²) < 4.78 is 22.1. The summed E-state index contributed by atoms with van der Waals surface area (Å²) in [4.78, 5) is 15.2. The predicted octanol–water partition coefficient (Wildman–Crippen LogP) is 0.143. The van der Waals surface area contributed by atoms with Crippen molar-refractivity contribution in [2.45, 2.75) is 13.8 Å². The second-order valence-corrected chi connectivity index (χ2v) is 4.85. The zero-order chi connectivity index (χ0) is 11.4. The molecule has 0 aromatic heterocycles. The van der Waals surface area contributed by atoms with Gasteiger partial charge in [0.15, 0.2) is 9.84 Å². The molecule has 2 N–H and O–H groups in total. The number of sulfone groups is 1. The Hall–Kier alpha value is -1.24. The third-order valence-electron chi connectivity index (χ3n) is 1.59. The van der Waals surface area contributed by atoms with Crippen molar-refractivity contribution in [1.29, 1.82) is 0 Å². The van der Waals surface area contributed by atoms with Crippen molar-refractivity contribution < 1.29 is 18.0 Å². The number of amides is 1. The number of hydrogen-bond acceptors (Lipinski definition) is 5. The Morgan fingerprint density at radius 3 is 2.14 bits per heavy atom. The highest BCUT2D eigenvalue weighted by atomic mass is 32.2. The molecule has 0 saturated heterocycles. The SMILES string of the molecule is CNC(=O)ONC(C)=C(C)S(C)(=O)=O. The second kappa shape index (κ2) is 4.85. The molecular formula is C7H14N2O4S. The van der Waals surface area contributed by atoms with Crippen LogP contribution in [0.15, 0.2) is 10.6 Å². The smallest absolute Gasteiger partial charge is 0.325 e. The van der Waals surface area contributed by atoms with Gasteiger partial charge in [0.1, 0.15) is 0 Å². The average molecular weight is 222 g/mol. The van der Waals surface area contributed by atoms with Gasteiger partial charge in [-0.05, 0) is 13.8 Å². The fraction of sp³-hybridized carbons (Fsp3) is 0.571. The fourth-order valence-electron chi connectivity index (χ4n) is 0.524. The molecule has 0 aliphatic heterocycles. The largest absolute Gasteiger partial charge is 0.431 e. The molecule has 0 aromatic rings. The van der Waals surface area contributed by atoms with E-state index in [9.17, 15) is 13.2 Å². The first-order chi connectivity index (χ1) is 6.29. The normalized spacial score (nSPS) is 12.9. The molecule has 0 bridgehead atoms. The summed E-state index contributed by atoms with van der Waals surface area (Å²) in [6.07, 6.45) is 0.388. The molecule has 0 heterocycles. The summed E-state index contributed by atoms with van der Waals surface area (Å²) >= 11 is 0. The van der Waals surface area contributed by atoms with E-state index in [0.717, 1.165) is 6.26 Å². The lowest BCUT2D eigenvalue weighted by Gasteiger charge is -2.08. The van der Waals surface area contributed by atoms with Gasteiger partial charge >= 0.3 is 6.09 Å². The van der Waals surface area contributed by atoms with E-state index in [2.05, 4.69) is 15.6 Å². The molecule has 0 saturated carbocycles. The summed E-state index contributed by atoms with van der Waals surface area (Å²) in [6.45, 7) is 2.92. The lowest BCUT2D eigenvalue weighted by Crippen LogP contribution is -2.27. The molecule has 1 amide bonds. The molecule has 0 aliphatic carbocycles. The topological polar surface area (TPSA) is 84.5 Å². The maximum atomic E-state index is 11.0. The average Bonchev–Trinajstić information content (AvgIpc) is 2.10. The quantitative estimate of drug-likeness (QED) is 0.664. The van der Waals surface area contributed by atoms with E-state index >= 15 is 0 Å². The zero-order valence-corrected chi connectivity index (χ0v) is 9.36. The van der Waals surface area contributed by atoms with Crippen molar-refractivity contribution in [2.24, 2.45) is 0 Å². The Bertz CT molecular complexity index is 345. The van der Waals surface area contributed by atoms with E-state index in [1.54, 1.807) is 0 Å². The van der Waals surface area contributed by atoms with E-state index in [1.807, 2.05) is 0 Å². The van der Waals surface area contributed by atoms with Gasteiger partial charge in [-0.2, -0.15) is 0 Å². The molecule has 0 rings (SSSR count). The molecule has 0 atom stereocenters. The van der Waals surface area contributed by atoms with Gasteiger partial charge in [-0.15, -0.1) is 0 Å². The van der Waals surface area contributed by atoms with E-state index in [4.69, 9.17) is 0 Å². The third kappa shape index (κ3) is 4.13. The second-order valence-electron chi connectivity index (χ2n) is 2.69. The highest BCUT2D eigenvalue weighted by Gasteiger charge is 2.10. The van der Waals surface area contributed by atoms with Gasteiger partial charge < -0.3 is 10.2 Å². The monoisotopic (exact) mass is 222 g/mol. The molecular weight excluding hydrogens is 208 g/mol. The molecule has 0 aliphatic rings. The molecule has 0 spiro atoms. The number of hydrogen-bond donors (Lipinski definition) is 2. The Labute approximate surface area is 83.2 Å². The maximum absolute atomic E-state index is 11.0. The first-order valence-electron chi connectivity index (χ1n) is 3.81. The lowest BCUT2D eigenvalue weighted by molar-refractivity contribution is 0.107. The number of carbonyl (C=O) groups is 1. The van der Waals surface area contributed by atoms with Crippen LogP contribution < -0.4 is 10.8 Å². The van der Waals surface area contributed by atoms with Crippen LogP contribution in [0.3, 0.4) is 0 Å². The number of allylic oxidation sites excluding steroid dienone is 2. The van der Waals surface area contributed by atoms with Crippen molar-refractivity contribution in [2.75, 3.05) is 13.3 Å². The van der Waals surface area contributed by atoms with Crippen LogP contribution in [0.5, 0.6) is 0 Å². The molecule has 0 radical (unpaired) electrons. The highest BCUT2D eigenvalue weighted by Crippen LogP contribution is 2.07. The van der Waals surface area contributed by atoms with E-state index < -0.39 is 15.9 Å². The molecule has 0 fully saturated rings. The van der Waals surface area contributed by atoms with Gasteiger partial charge in [-0.3, -0.25) is 0 Å². The first-order valence-corrected chi connectivity index (χ1v) is 5.70. The third-order valence-corrected chi connectivity index (χ3v) is 3.00. The molecule has 0 aromatic carbocycles. The molecule has 82 valence electrons. The summed E-state index contributed by atoms with van der Waals surface area (Å²) in [5.41, 5.74) is 2.50. The van der Waals surface area contributed by atoms with Crippen LogP contribution in [0.2, 0.25) is 0 Å². The molecule has 0 unspecified atom stereocenters. The van der Waals surface area contributed by atoms with Crippen LogP contribution in [0.25, 0.3) is 0 Å². The number of hydroxylamine groups is 1. The summed E-state index contributed by atoms with van der Waals surface area (Å²) in [6, 6.07) is 0. The summed E-state index contributed by atoms with van der Waals surface area (Å²) in [5.74, 6) is 0. The highest BCUT2D eigenvalue weighted by molar-refractivity contribution is 7.94. The summed E-state index contributed by atoms with van der Waals surface area (Å²) in [7, 11) is -1.86. The fourth-order valence-corrected chi connectivity index (χ4v) is 1.12. The van der Waals surface area contributed by atoms with Gasteiger partial charge in [-0.25, -0.2) is 18.7 Å². The van der Waals surface area contributed by atoms with E-state index in [-0.39, 0.29) is 10.6 Å². The van der Waals surface area contributed by atoms with Crippen LogP contribution >= 0.6 is 0 Å². The van der Waals surface area contributed by atoms with E-state index in [0.29, 0.717) is 0 Å².